The van der Waals surface area contributed by atoms with Crippen molar-refractivity contribution < 1.29 is 28.9 Å². The largest absolute Gasteiger partial charge is 0.501 e. The molecular formula is C50H48IrN2O2Si-2. The van der Waals surface area contributed by atoms with Crippen molar-refractivity contribution in [2.24, 2.45) is 0 Å². The molecule has 0 saturated carbocycles. The average molecular weight is 929 g/mol. The van der Waals surface area contributed by atoms with Gasteiger partial charge < -0.3 is 18.8 Å². The molecule has 56 heavy (non-hydrogen) atoms. The normalized spacial score (nSPS) is 12.0. The quantitative estimate of drug-likeness (QED) is 0.123. The molecule has 5 aromatic carbocycles. The van der Waals surface area contributed by atoms with Crippen LogP contribution in [0.15, 0.2) is 118 Å². The molecule has 285 valence electrons. The first kappa shape index (κ1) is 39.4. The summed E-state index contributed by atoms with van der Waals surface area (Å²) >= 11 is 0. The molecule has 9 aromatic rings. The monoisotopic (exact) mass is 929 g/mol. The van der Waals surface area contributed by atoms with E-state index in [0.29, 0.717) is 17.8 Å². The minimum atomic E-state index is -1.36. The van der Waals surface area contributed by atoms with Crippen molar-refractivity contribution in [3.8, 4) is 22.5 Å². The predicted molar refractivity (Wildman–Crippen MR) is 234 cm³/mol. The molecule has 0 fully saturated rings. The van der Waals surface area contributed by atoms with Crippen LogP contribution >= 0.6 is 0 Å². The number of rotatable bonds is 6. The van der Waals surface area contributed by atoms with Crippen molar-refractivity contribution in [3.63, 3.8) is 0 Å². The Bertz CT molecular complexity index is 2860. The van der Waals surface area contributed by atoms with Crippen LogP contribution in [0, 0.1) is 12.1 Å². The minimum Gasteiger partial charge on any atom is -0.501 e. The van der Waals surface area contributed by atoms with Gasteiger partial charge in [-0.25, -0.2) is 0 Å². The molecule has 0 atom stereocenters. The summed E-state index contributed by atoms with van der Waals surface area (Å²) in [6.07, 6.45) is 3.75. The smallest absolute Gasteiger partial charge is 0.128 e. The fourth-order valence-electron chi connectivity index (χ4n) is 7.38. The van der Waals surface area contributed by atoms with Gasteiger partial charge in [0, 0.05) is 48.7 Å². The SMILES string of the molecule is CC(C)c1ccnc(-c2[c-]ccc3c2oc2c4ccc([Si](C)(C)C)cc4ccc32)c1.CC(C)c1ccnc(-c2[c-]ccc3c2oc2cc(C(C)C)ccc23)c1.[Ir]. The summed E-state index contributed by atoms with van der Waals surface area (Å²) in [7, 11) is -1.36. The first-order valence-corrected chi connectivity index (χ1v) is 23.0. The maximum absolute atomic E-state index is 6.52. The van der Waals surface area contributed by atoms with Gasteiger partial charge in [-0.05, 0) is 58.3 Å². The van der Waals surface area contributed by atoms with Crippen molar-refractivity contribution >= 4 is 67.9 Å². The van der Waals surface area contributed by atoms with E-state index in [1.807, 2.05) is 24.5 Å². The van der Waals surface area contributed by atoms with E-state index in [1.165, 1.54) is 32.6 Å². The Morgan fingerprint density at radius 3 is 1.57 bits per heavy atom. The zero-order valence-electron chi connectivity index (χ0n) is 33.7. The molecule has 4 aromatic heterocycles. The molecule has 0 unspecified atom stereocenters. The first-order valence-electron chi connectivity index (χ1n) is 19.5. The van der Waals surface area contributed by atoms with Crippen LogP contribution in [0.25, 0.3) is 77.2 Å². The van der Waals surface area contributed by atoms with Gasteiger partial charge in [-0.3, -0.25) is 0 Å². The van der Waals surface area contributed by atoms with E-state index in [4.69, 9.17) is 8.83 Å². The molecule has 0 aliphatic heterocycles. The summed E-state index contributed by atoms with van der Waals surface area (Å²) in [6, 6.07) is 41.1. The molecule has 0 aliphatic rings. The number of benzene rings is 5. The first-order chi connectivity index (χ1) is 26.4. The predicted octanol–water partition coefficient (Wildman–Crippen LogP) is 14.0. The summed E-state index contributed by atoms with van der Waals surface area (Å²) in [5, 5.41) is 8.41. The number of aromatic nitrogens is 2. The van der Waals surface area contributed by atoms with Gasteiger partial charge in [-0.2, -0.15) is 0 Å². The Morgan fingerprint density at radius 1 is 0.500 bits per heavy atom. The van der Waals surface area contributed by atoms with E-state index >= 15 is 0 Å². The Morgan fingerprint density at radius 2 is 1.00 bits per heavy atom. The molecule has 0 bridgehead atoms. The third-order valence-corrected chi connectivity index (χ3v) is 12.9. The van der Waals surface area contributed by atoms with Gasteiger partial charge in [0.15, 0.2) is 0 Å². The molecule has 9 rings (SSSR count). The standard InChI is InChI=1S/C27H26NOSi.C23H22NO.Ir/c1-17(2)18-13-14-28-25(16-18)24-8-6-7-22-23-11-9-19-15-20(30(3,4)5)10-12-21(19)26(23)29-27(22)24;1-14(2)16-8-9-18-19-6-5-7-20(23(19)25-22(18)13-16)21-12-17(15(3)4)10-11-24-21;/h6-7,9-17H,1-5H3;5-6,8-15H,1-4H3;/q2*-1;. The maximum atomic E-state index is 6.52. The zero-order chi connectivity index (χ0) is 38.6. The second-order valence-corrected chi connectivity index (χ2v) is 21.8. The third kappa shape index (κ3) is 7.38. The van der Waals surface area contributed by atoms with Gasteiger partial charge in [0.2, 0.25) is 0 Å². The van der Waals surface area contributed by atoms with Crippen LogP contribution in [0.5, 0.6) is 0 Å². The van der Waals surface area contributed by atoms with Gasteiger partial charge in [-0.1, -0.05) is 154 Å². The Hall–Kier alpha value is -4.87. The number of pyridine rings is 2. The van der Waals surface area contributed by atoms with Crippen molar-refractivity contribution in [1.82, 2.24) is 9.97 Å². The number of hydrogen-bond acceptors (Lipinski definition) is 4. The van der Waals surface area contributed by atoms with E-state index < -0.39 is 8.07 Å². The maximum Gasteiger partial charge on any atom is 0.128 e. The Balaban J connectivity index is 0.000000171. The topological polar surface area (TPSA) is 52.1 Å². The minimum absolute atomic E-state index is 0. The average Bonchev–Trinajstić information content (AvgIpc) is 3.76. The van der Waals surface area contributed by atoms with E-state index in [2.05, 4.69) is 168 Å². The molecule has 6 heteroatoms. The summed E-state index contributed by atoms with van der Waals surface area (Å²) in [6.45, 7) is 20.3. The van der Waals surface area contributed by atoms with E-state index in [1.54, 1.807) is 0 Å². The molecular weight excluding hydrogens is 881 g/mol. The van der Waals surface area contributed by atoms with E-state index in [0.717, 1.165) is 66.4 Å². The molecule has 1 radical (unpaired) electrons. The molecule has 0 aliphatic carbocycles. The van der Waals surface area contributed by atoms with Crippen LogP contribution in [0.3, 0.4) is 0 Å². The molecule has 0 N–H and O–H groups in total. The summed E-state index contributed by atoms with van der Waals surface area (Å²) in [5.74, 6) is 1.39. The summed E-state index contributed by atoms with van der Waals surface area (Å²) in [4.78, 5) is 9.19. The van der Waals surface area contributed by atoms with Crippen LogP contribution in [0.2, 0.25) is 19.6 Å². The van der Waals surface area contributed by atoms with E-state index in [-0.39, 0.29) is 20.1 Å². The molecule has 0 amide bonds. The Labute approximate surface area is 344 Å². The van der Waals surface area contributed by atoms with Crippen molar-refractivity contribution in [1.29, 1.82) is 0 Å². The molecule has 0 saturated heterocycles. The summed E-state index contributed by atoms with van der Waals surface area (Å²) < 4.78 is 12.8. The third-order valence-electron chi connectivity index (χ3n) is 10.8. The fraction of sp³-hybridized carbons (Fsp3) is 0.240. The van der Waals surface area contributed by atoms with Gasteiger partial charge in [-0.15, -0.1) is 36.4 Å². The van der Waals surface area contributed by atoms with Crippen molar-refractivity contribution in [2.75, 3.05) is 0 Å². The number of nitrogens with zero attached hydrogens (tertiary/aromatic N) is 2. The van der Waals surface area contributed by atoms with Gasteiger partial charge in [0.1, 0.15) is 11.2 Å². The molecule has 4 heterocycles. The Kier molecular flexibility index (Phi) is 10.9. The molecule has 0 spiro atoms. The van der Waals surface area contributed by atoms with Crippen molar-refractivity contribution in [2.45, 2.75) is 78.9 Å². The second kappa shape index (κ2) is 15.6. The van der Waals surface area contributed by atoms with Crippen LogP contribution in [-0.2, 0) is 20.1 Å². The van der Waals surface area contributed by atoms with Crippen molar-refractivity contribution in [3.05, 3.63) is 138 Å². The fourth-order valence-corrected chi connectivity index (χ4v) is 8.55. The number of fused-ring (bicyclic) bond motifs is 8. The number of furan rings is 2. The van der Waals surface area contributed by atoms with Crippen LogP contribution in [0.4, 0.5) is 0 Å². The zero-order valence-corrected chi connectivity index (χ0v) is 37.1. The summed E-state index contributed by atoms with van der Waals surface area (Å²) in [5.41, 5.74) is 11.1. The van der Waals surface area contributed by atoms with Crippen LogP contribution in [0.1, 0.15) is 76.0 Å². The van der Waals surface area contributed by atoms with Crippen LogP contribution in [-0.4, -0.2) is 18.0 Å². The van der Waals surface area contributed by atoms with Gasteiger partial charge in [0.05, 0.1) is 19.2 Å². The molecule has 4 nitrogen and oxygen atoms in total. The number of hydrogen-bond donors (Lipinski definition) is 0. The van der Waals surface area contributed by atoms with E-state index in [9.17, 15) is 0 Å². The second-order valence-electron chi connectivity index (χ2n) is 16.7. The van der Waals surface area contributed by atoms with Gasteiger partial charge in [0.25, 0.3) is 0 Å². The van der Waals surface area contributed by atoms with Crippen LogP contribution < -0.4 is 5.19 Å². The van der Waals surface area contributed by atoms with Gasteiger partial charge >= 0.3 is 0 Å².